The van der Waals surface area contributed by atoms with Crippen LogP contribution in [-0.4, -0.2) is 35.1 Å². The summed E-state index contributed by atoms with van der Waals surface area (Å²) in [5, 5.41) is 10.9. The van der Waals surface area contributed by atoms with Gasteiger partial charge in [0.25, 0.3) is 0 Å². The van der Waals surface area contributed by atoms with E-state index in [0.717, 1.165) is 25.4 Å². The molecule has 5 heteroatoms. The van der Waals surface area contributed by atoms with Crippen molar-refractivity contribution in [2.45, 2.75) is 19.9 Å². The van der Waals surface area contributed by atoms with Crippen LogP contribution in [0.15, 0.2) is 24.3 Å². The van der Waals surface area contributed by atoms with Crippen molar-refractivity contribution >= 4 is 18.0 Å². The van der Waals surface area contributed by atoms with E-state index in [4.69, 9.17) is 4.74 Å². The van der Waals surface area contributed by atoms with Crippen LogP contribution >= 0.6 is 0 Å². The molecule has 0 radical (unpaired) electrons. The van der Waals surface area contributed by atoms with Gasteiger partial charge in [-0.3, -0.25) is 0 Å². The molecule has 0 bridgehead atoms. The summed E-state index contributed by atoms with van der Waals surface area (Å²) >= 11 is 0. The summed E-state index contributed by atoms with van der Waals surface area (Å²) in [7, 11) is 1.30. The second-order valence-electron chi connectivity index (χ2n) is 4.81. The molecular formula is C13H17BN2O2. The van der Waals surface area contributed by atoms with Gasteiger partial charge in [0.15, 0.2) is 0 Å². The lowest BCUT2D eigenvalue weighted by Crippen LogP contribution is -2.42. The lowest BCUT2D eigenvalue weighted by atomic mass is 9.84. The number of hydrogen-bond donors (Lipinski definition) is 1. The fourth-order valence-electron chi connectivity index (χ4n) is 2.66. The second-order valence-corrected chi connectivity index (χ2v) is 4.81. The van der Waals surface area contributed by atoms with Crippen LogP contribution in [0.5, 0.6) is 5.75 Å². The molecule has 0 aliphatic carbocycles. The Balaban J connectivity index is 2.04. The van der Waals surface area contributed by atoms with Crippen LogP contribution in [0.4, 0.5) is 0 Å². The molecule has 1 aromatic carbocycles. The first-order valence-corrected chi connectivity index (χ1v) is 6.27. The van der Waals surface area contributed by atoms with E-state index < -0.39 is 0 Å². The number of rotatable bonds is 2. The predicted molar refractivity (Wildman–Crippen MR) is 72.7 cm³/mol. The first-order valence-electron chi connectivity index (χ1n) is 6.27. The van der Waals surface area contributed by atoms with Crippen molar-refractivity contribution < 1.29 is 9.76 Å². The maximum atomic E-state index is 9.66. The summed E-state index contributed by atoms with van der Waals surface area (Å²) in [6.07, 6.45) is 0. The average Bonchev–Trinajstić information content (AvgIpc) is 2.74. The molecule has 3 rings (SSSR count). The summed E-state index contributed by atoms with van der Waals surface area (Å²) in [6, 6.07) is 8.35. The Morgan fingerprint density at radius 2 is 2.11 bits per heavy atom. The van der Waals surface area contributed by atoms with Crippen LogP contribution < -0.4 is 4.74 Å². The minimum absolute atomic E-state index is 0.383. The zero-order valence-electron chi connectivity index (χ0n) is 10.8. The van der Waals surface area contributed by atoms with E-state index in [0.29, 0.717) is 0 Å². The highest BCUT2D eigenvalue weighted by atomic mass is 16.5. The number of fused-ring (bicyclic) bond motifs is 3. The molecule has 0 unspecified atom stereocenters. The summed E-state index contributed by atoms with van der Waals surface area (Å²) in [6.45, 7) is 4.44. The highest BCUT2D eigenvalue weighted by Gasteiger charge is 2.23. The highest BCUT2D eigenvalue weighted by molar-refractivity contribution is 6.45. The van der Waals surface area contributed by atoms with Crippen molar-refractivity contribution in [2.24, 2.45) is 0 Å². The summed E-state index contributed by atoms with van der Waals surface area (Å²) in [5.74, 6) is 0.887. The Bertz CT molecular complexity index is 580. The van der Waals surface area contributed by atoms with Gasteiger partial charge in [-0.25, -0.2) is 0 Å². The Morgan fingerprint density at radius 1 is 1.28 bits per heavy atom. The topological polar surface area (TPSA) is 37.6 Å². The van der Waals surface area contributed by atoms with Gasteiger partial charge in [0, 0.05) is 36.2 Å². The van der Waals surface area contributed by atoms with E-state index in [-0.39, 0.29) is 7.05 Å². The molecule has 4 nitrogen and oxygen atoms in total. The van der Waals surface area contributed by atoms with Crippen molar-refractivity contribution in [3.8, 4) is 5.75 Å². The Morgan fingerprint density at radius 3 is 2.83 bits per heavy atom. The Labute approximate surface area is 107 Å². The quantitative estimate of drug-likeness (QED) is 0.815. The van der Waals surface area contributed by atoms with Crippen LogP contribution in [0.1, 0.15) is 5.69 Å². The van der Waals surface area contributed by atoms with Crippen LogP contribution in [0.2, 0.25) is 6.82 Å². The van der Waals surface area contributed by atoms with Crippen molar-refractivity contribution in [1.29, 1.82) is 0 Å². The molecule has 0 atom stereocenters. The van der Waals surface area contributed by atoms with Gasteiger partial charge in [0.2, 0.25) is 0 Å². The lowest BCUT2D eigenvalue weighted by Gasteiger charge is -2.29. The maximum absolute atomic E-state index is 9.66. The van der Waals surface area contributed by atoms with Crippen LogP contribution in [0, 0.1) is 0 Å². The van der Waals surface area contributed by atoms with Crippen molar-refractivity contribution in [3.05, 3.63) is 30.0 Å². The van der Waals surface area contributed by atoms with E-state index in [9.17, 15) is 5.02 Å². The number of ether oxygens (including phenoxy) is 1. The van der Waals surface area contributed by atoms with Gasteiger partial charge >= 0.3 is 7.05 Å². The molecule has 0 spiro atoms. The van der Waals surface area contributed by atoms with Crippen LogP contribution in [0.25, 0.3) is 10.9 Å². The van der Waals surface area contributed by atoms with Crippen molar-refractivity contribution in [3.63, 3.8) is 0 Å². The summed E-state index contributed by atoms with van der Waals surface area (Å²) < 4.78 is 7.58. The maximum Gasteiger partial charge on any atom is 0.376 e. The first-order chi connectivity index (χ1) is 8.69. The zero-order chi connectivity index (χ0) is 12.7. The standard InChI is InChI=1S/C13H17BN2O2/c1-14(17)15-5-6-16-11(9-15)7-10-8-12(18-2)3-4-13(10)16/h3-4,7-8,17H,5-6,9H2,1-2H3. The fourth-order valence-corrected chi connectivity index (χ4v) is 2.66. The molecule has 1 aromatic heterocycles. The molecule has 0 amide bonds. The largest absolute Gasteiger partial charge is 0.497 e. The fraction of sp³-hybridized carbons (Fsp3) is 0.385. The molecule has 0 fully saturated rings. The number of hydrogen-bond acceptors (Lipinski definition) is 3. The molecule has 1 aliphatic heterocycles. The molecule has 1 N–H and O–H groups in total. The molecule has 18 heavy (non-hydrogen) atoms. The summed E-state index contributed by atoms with van der Waals surface area (Å²) in [5.41, 5.74) is 2.50. The number of nitrogens with zero attached hydrogens (tertiary/aromatic N) is 2. The zero-order valence-corrected chi connectivity index (χ0v) is 10.8. The van der Waals surface area contributed by atoms with Gasteiger partial charge in [0.05, 0.1) is 7.11 Å². The lowest BCUT2D eigenvalue weighted by molar-refractivity contribution is 0.309. The number of methoxy groups -OCH3 is 1. The van der Waals surface area contributed by atoms with E-state index in [1.807, 2.05) is 12.9 Å². The van der Waals surface area contributed by atoms with Gasteiger partial charge in [-0.1, -0.05) is 0 Å². The minimum atomic E-state index is -0.383. The van der Waals surface area contributed by atoms with E-state index in [2.05, 4.69) is 27.6 Å². The molecule has 0 saturated carbocycles. The molecule has 2 aromatic rings. The summed E-state index contributed by atoms with van der Waals surface area (Å²) in [4.78, 5) is 2.07. The number of benzene rings is 1. The predicted octanol–water partition coefficient (Wildman–Crippen LogP) is 1.58. The third-order valence-corrected chi connectivity index (χ3v) is 3.70. The molecular weight excluding hydrogens is 227 g/mol. The third-order valence-electron chi connectivity index (χ3n) is 3.70. The highest BCUT2D eigenvalue weighted by Crippen LogP contribution is 2.27. The second kappa shape index (κ2) is 4.33. The molecule has 0 saturated heterocycles. The monoisotopic (exact) mass is 244 g/mol. The molecule has 2 heterocycles. The number of aromatic nitrogens is 1. The molecule has 94 valence electrons. The van der Waals surface area contributed by atoms with Crippen LogP contribution in [0.3, 0.4) is 0 Å². The minimum Gasteiger partial charge on any atom is -0.497 e. The average molecular weight is 244 g/mol. The normalized spacial score (nSPS) is 15.7. The van der Waals surface area contributed by atoms with Crippen LogP contribution in [-0.2, 0) is 13.1 Å². The smallest absolute Gasteiger partial charge is 0.376 e. The van der Waals surface area contributed by atoms with E-state index in [1.54, 1.807) is 7.11 Å². The SMILES string of the molecule is COc1ccc2c(c1)cc1n2CCN(B(C)O)C1. The van der Waals surface area contributed by atoms with Crippen molar-refractivity contribution in [1.82, 2.24) is 9.38 Å². The Hall–Kier alpha value is -1.46. The van der Waals surface area contributed by atoms with Gasteiger partial charge in [0.1, 0.15) is 5.75 Å². The third kappa shape index (κ3) is 1.80. The van der Waals surface area contributed by atoms with E-state index in [1.165, 1.54) is 16.6 Å². The first kappa shape index (κ1) is 11.6. The van der Waals surface area contributed by atoms with Gasteiger partial charge in [-0.2, -0.15) is 0 Å². The van der Waals surface area contributed by atoms with Gasteiger partial charge in [-0.05, 0) is 31.1 Å². The molecule has 1 aliphatic rings. The van der Waals surface area contributed by atoms with Gasteiger partial charge in [-0.15, -0.1) is 0 Å². The van der Waals surface area contributed by atoms with E-state index >= 15 is 0 Å². The van der Waals surface area contributed by atoms with Crippen molar-refractivity contribution in [2.75, 3.05) is 13.7 Å². The Kier molecular flexibility index (Phi) is 2.80. The van der Waals surface area contributed by atoms with Gasteiger partial charge < -0.3 is 19.1 Å².